The fraction of sp³-hybridized carbons (Fsp3) is 0.667. The minimum atomic E-state index is -3.25. The van der Waals surface area contributed by atoms with Gasteiger partial charge in [-0.15, -0.1) is 0 Å². The first-order chi connectivity index (χ1) is 11.6. The van der Waals surface area contributed by atoms with E-state index in [-0.39, 0.29) is 0 Å². The van der Waals surface area contributed by atoms with Gasteiger partial charge in [0.15, 0.2) is 0 Å². The van der Waals surface area contributed by atoms with Crippen molar-refractivity contribution >= 4 is 10.2 Å². The highest BCUT2D eigenvalue weighted by molar-refractivity contribution is 7.86. The van der Waals surface area contributed by atoms with Crippen LogP contribution >= 0.6 is 0 Å². The molecule has 5 nitrogen and oxygen atoms in total. The van der Waals surface area contributed by atoms with Crippen LogP contribution in [-0.2, 0) is 10.2 Å². The molecule has 2 fully saturated rings. The van der Waals surface area contributed by atoms with Gasteiger partial charge in [0.05, 0.1) is 0 Å². The maximum atomic E-state index is 12.7. The van der Waals surface area contributed by atoms with E-state index in [1.807, 2.05) is 6.07 Å². The van der Waals surface area contributed by atoms with E-state index in [0.29, 0.717) is 32.1 Å². The molecule has 1 atom stereocenters. The van der Waals surface area contributed by atoms with E-state index in [4.69, 9.17) is 0 Å². The Balaban J connectivity index is 1.57. The van der Waals surface area contributed by atoms with Gasteiger partial charge in [-0.25, -0.2) is 0 Å². The van der Waals surface area contributed by atoms with Crippen molar-refractivity contribution in [3.8, 4) is 0 Å². The Labute approximate surface area is 146 Å². The quantitative estimate of drug-likeness (QED) is 0.816. The van der Waals surface area contributed by atoms with Crippen molar-refractivity contribution in [3.05, 3.63) is 35.9 Å². The highest BCUT2D eigenvalue weighted by atomic mass is 32.2. The molecule has 0 amide bonds. The molecule has 0 aromatic heterocycles. The average molecular weight is 352 g/mol. The van der Waals surface area contributed by atoms with Gasteiger partial charge in [-0.1, -0.05) is 37.3 Å². The number of benzene rings is 1. The van der Waals surface area contributed by atoms with E-state index in [1.54, 1.807) is 8.61 Å². The predicted molar refractivity (Wildman–Crippen MR) is 97.2 cm³/mol. The van der Waals surface area contributed by atoms with Gasteiger partial charge in [-0.2, -0.15) is 17.0 Å². The molecule has 0 N–H and O–H groups in total. The first kappa shape index (κ1) is 17.9. The molecule has 2 heterocycles. The molecular formula is C18H29N3O2S. The van der Waals surface area contributed by atoms with Crippen LogP contribution in [0.3, 0.4) is 0 Å². The number of rotatable bonds is 5. The van der Waals surface area contributed by atoms with Crippen molar-refractivity contribution in [1.29, 1.82) is 0 Å². The zero-order valence-corrected chi connectivity index (χ0v) is 15.4. The predicted octanol–water partition coefficient (Wildman–Crippen LogP) is 2.14. The number of nitrogens with zero attached hydrogens (tertiary/aromatic N) is 3. The van der Waals surface area contributed by atoms with Crippen LogP contribution in [0.15, 0.2) is 30.3 Å². The monoisotopic (exact) mass is 351 g/mol. The second-order valence-corrected chi connectivity index (χ2v) is 8.91. The Kier molecular flexibility index (Phi) is 5.92. The second kappa shape index (κ2) is 7.95. The lowest BCUT2D eigenvalue weighted by Crippen LogP contribution is -2.44. The molecule has 0 radical (unpaired) electrons. The Morgan fingerprint density at radius 2 is 1.50 bits per heavy atom. The fourth-order valence-electron chi connectivity index (χ4n) is 3.72. The maximum Gasteiger partial charge on any atom is 0.282 e. The van der Waals surface area contributed by atoms with Gasteiger partial charge in [0.2, 0.25) is 0 Å². The van der Waals surface area contributed by atoms with E-state index < -0.39 is 10.2 Å². The van der Waals surface area contributed by atoms with E-state index in [0.717, 1.165) is 38.9 Å². The van der Waals surface area contributed by atoms with E-state index in [9.17, 15) is 8.42 Å². The minimum Gasteiger partial charge on any atom is -0.301 e. The van der Waals surface area contributed by atoms with Crippen LogP contribution in [0.5, 0.6) is 0 Å². The zero-order chi connectivity index (χ0) is 17.0. The molecule has 0 bridgehead atoms. The van der Waals surface area contributed by atoms with Crippen LogP contribution in [0.1, 0.15) is 37.7 Å². The summed E-state index contributed by atoms with van der Waals surface area (Å²) in [6.45, 7) is 7.67. The Morgan fingerprint density at radius 3 is 2.21 bits per heavy atom. The van der Waals surface area contributed by atoms with Crippen molar-refractivity contribution in [3.63, 3.8) is 0 Å². The summed E-state index contributed by atoms with van der Waals surface area (Å²) in [7, 11) is -3.25. The van der Waals surface area contributed by atoms with Crippen LogP contribution in [0.25, 0.3) is 0 Å². The normalized spacial score (nSPS) is 23.2. The SMILES string of the molecule is C[C@H](CN1CCCN(S(=O)(=O)N2CCCC2)CC1)c1ccccc1. The van der Waals surface area contributed by atoms with Gasteiger partial charge in [0.1, 0.15) is 0 Å². The van der Waals surface area contributed by atoms with Crippen molar-refractivity contribution in [2.24, 2.45) is 0 Å². The molecule has 0 aliphatic carbocycles. The molecule has 2 aliphatic rings. The van der Waals surface area contributed by atoms with Gasteiger partial charge in [-0.05, 0) is 37.3 Å². The molecule has 1 aromatic carbocycles. The van der Waals surface area contributed by atoms with Crippen molar-refractivity contribution in [1.82, 2.24) is 13.5 Å². The van der Waals surface area contributed by atoms with Gasteiger partial charge < -0.3 is 4.90 Å². The molecule has 0 saturated carbocycles. The van der Waals surface area contributed by atoms with Gasteiger partial charge >= 0.3 is 0 Å². The molecule has 134 valence electrons. The molecule has 2 aliphatic heterocycles. The molecule has 3 rings (SSSR count). The summed E-state index contributed by atoms with van der Waals surface area (Å²) < 4.78 is 28.8. The van der Waals surface area contributed by atoms with Gasteiger partial charge in [0, 0.05) is 39.3 Å². The summed E-state index contributed by atoms with van der Waals surface area (Å²) in [5.41, 5.74) is 1.35. The first-order valence-electron chi connectivity index (χ1n) is 9.10. The highest BCUT2D eigenvalue weighted by Crippen LogP contribution is 2.20. The number of hydrogen-bond donors (Lipinski definition) is 0. The van der Waals surface area contributed by atoms with Crippen LogP contribution in [-0.4, -0.2) is 67.7 Å². The molecule has 1 aromatic rings. The fourth-order valence-corrected chi connectivity index (χ4v) is 5.44. The van der Waals surface area contributed by atoms with Gasteiger partial charge in [0.25, 0.3) is 10.2 Å². The summed E-state index contributed by atoms with van der Waals surface area (Å²) >= 11 is 0. The largest absolute Gasteiger partial charge is 0.301 e. The molecule has 24 heavy (non-hydrogen) atoms. The first-order valence-corrected chi connectivity index (χ1v) is 10.5. The van der Waals surface area contributed by atoms with Crippen molar-refractivity contribution in [2.75, 3.05) is 45.8 Å². The topological polar surface area (TPSA) is 43.9 Å². The summed E-state index contributed by atoms with van der Waals surface area (Å²) in [5, 5.41) is 0. The van der Waals surface area contributed by atoms with E-state index in [2.05, 4.69) is 36.1 Å². The van der Waals surface area contributed by atoms with Crippen LogP contribution in [0.4, 0.5) is 0 Å². The van der Waals surface area contributed by atoms with E-state index >= 15 is 0 Å². The lowest BCUT2D eigenvalue weighted by molar-refractivity contribution is 0.271. The van der Waals surface area contributed by atoms with Crippen LogP contribution in [0.2, 0.25) is 0 Å². The second-order valence-electron chi connectivity index (χ2n) is 6.98. The Hall–Kier alpha value is -0.950. The Bertz CT molecular complexity index is 614. The van der Waals surface area contributed by atoms with Gasteiger partial charge in [-0.3, -0.25) is 0 Å². The molecule has 6 heteroatoms. The van der Waals surface area contributed by atoms with Crippen molar-refractivity contribution in [2.45, 2.75) is 32.1 Å². The van der Waals surface area contributed by atoms with Crippen LogP contribution in [0, 0.1) is 0 Å². The summed E-state index contributed by atoms with van der Waals surface area (Å²) in [4.78, 5) is 2.41. The lowest BCUT2D eigenvalue weighted by Gasteiger charge is -2.27. The standard InChI is InChI=1S/C18H29N3O2S/c1-17(18-8-3-2-4-9-18)16-19-10-7-13-21(15-14-19)24(22,23)20-11-5-6-12-20/h2-4,8-9,17H,5-7,10-16H2,1H3/t17-/m1/s1. The summed E-state index contributed by atoms with van der Waals surface area (Å²) in [6.07, 6.45) is 2.90. The van der Waals surface area contributed by atoms with Crippen LogP contribution < -0.4 is 0 Å². The minimum absolute atomic E-state index is 0.466. The molecular weight excluding hydrogens is 322 g/mol. The summed E-state index contributed by atoms with van der Waals surface area (Å²) in [6, 6.07) is 10.6. The molecule has 2 saturated heterocycles. The van der Waals surface area contributed by atoms with E-state index in [1.165, 1.54) is 5.56 Å². The third-order valence-electron chi connectivity index (χ3n) is 5.17. The Morgan fingerprint density at radius 1 is 0.875 bits per heavy atom. The van der Waals surface area contributed by atoms with Crippen molar-refractivity contribution < 1.29 is 8.42 Å². The lowest BCUT2D eigenvalue weighted by atomic mass is 10.0. The molecule has 0 unspecified atom stereocenters. The third-order valence-corrected chi connectivity index (χ3v) is 7.20. The number of hydrogen-bond acceptors (Lipinski definition) is 3. The highest BCUT2D eigenvalue weighted by Gasteiger charge is 2.32. The summed E-state index contributed by atoms with van der Waals surface area (Å²) in [5.74, 6) is 0.466. The molecule has 0 spiro atoms. The smallest absolute Gasteiger partial charge is 0.282 e. The third kappa shape index (κ3) is 4.17. The average Bonchev–Trinajstić information content (AvgIpc) is 3.04. The maximum absolute atomic E-state index is 12.7. The zero-order valence-electron chi connectivity index (χ0n) is 14.6.